The maximum atomic E-state index is 13.6. The minimum atomic E-state index is -1.32. The molecule has 0 aromatic heterocycles. The molecule has 132 valence electrons. The maximum Gasteiger partial charge on any atom is 0.411 e. The molecule has 2 aromatic carbocycles. The number of nitrogens with zero attached hydrogens (tertiary/aromatic N) is 1. The number of hydrogen-bond donors (Lipinski definition) is 1. The molecule has 0 aliphatic rings. The zero-order chi connectivity index (χ0) is 18.4. The molecular formula is C19H20FNO4. The van der Waals surface area contributed by atoms with E-state index in [0.29, 0.717) is 5.56 Å². The third-order valence-electron chi connectivity index (χ3n) is 3.86. The SMILES string of the molecule is CCN(C(=O)OCc1ccccc1)C(C(=O)O)c1cc(F)ccc1C. The van der Waals surface area contributed by atoms with Crippen molar-refractivity contribution in [2.45, 2.75) is 26.5 Å². The summed E-state index contributed by atoms with van der Waals surface area (Å²) in [6, 6.07) is 11.6. The summed E-state index contributed by atoms with van der Waals surface area (Å²) in [6.45, 7) is 3.47. The highest BCUT2D eigenvalue weighted by molar-refractivity contribution is 5.82. The molecule has 0 saturated carbocycles. The average molecular weight is 345 g/mol. The number of benzene rings is 2. The number of likely N-dealkylation sites (N-methyl/N-ethyl adjacent to an activating group) is 1. The van der Waals surface area contributed by atoms with Gasteiger partial charge in [-0.2, -0.15) is 0 Å². The summed E-state index contributed by atoms with van der Waals surface area (Å²) >= 11 is 0. The van der Waals surface area contributed by atoms with Gasteiger partial charge in [-0.15, -0.1) is 0 Å². The van der Waals surface area contributed by atoms with Crippen molar-refractivity contribution in [3.63, 3.8) is 0 Å². The van der Waals surface area contributed by atoms with Crippen LogP contribution >= 0.6 is 0 Å². The second-order valence-corrected chi connectivity index (χ2v) is 5.57. The van der Waals surface area contributed by atoms with E-state index in [9.17, 15) is 19.1 Å². The van der Waals surface area contributed by atoms with Gasteiger partial charge in [0.05, 0.1) is 0 Å². The Balaban J connectivity index is 2.23. The molecule has 0 aliphatic heterocycles. The van der Waals surface area contributed by atoms with E-state index < -0.39 is 23.9 Å². The lowest BCUT2D eigenvalue weighted by molar-refractivity contribution is -0.143. The number of aryl methyl sites for hydroxylation is 1. The number of carboxylic acids is 1. The van der Waals surface area contributed by atoms with Crippen LogP contribution in [0.25, 0.3) is 0 Å². The predicted octanol–water partition coefficient (Wildman–Crippen LogP) is 3.92. The molecule has 2 aromatic rings. The molecule has 0 heterocycles. The van der Waals surface area contributed by atoms with Crippen molar-refractivity contribution >= 4 is 12.1 Å². The number of ether oxygens (including phenoxy) is 1. The third-order valence-corrected chi connectivity index (χ3v) is 3.86. The van der Waals surface area contributed by atoms with Crippen LogP contribution in [0.4, 0.5) is 9.18 Å². The Morgan fingerprint density at radius 3 is 2.48 bits per heavy atom. The van der Waals surface area contributed by atoms with E-state index in [1.165, 1.54) is 12.1 Å². The minimum Gasteiger partial charge on any atom is -0.479 e. The first kappa shape index (κ1) is 18.4. The Hall–Kier alpha value is -2.89. The average Bonchev–Trinajstić information content (AvgIpc) is 2.60. The van der Waals surface area contributed by atoms with Gasteiger partial charge >= 0.3 is 12.1 Å². The number of halogens is 1. The number of carboxylic acid groups (broad SMARTS) is 1. The standard InChI is InChI=1S/C19H20FNO4/c1-3-21(19(24)25-12-14-7-5-4-6-8-14)17(18(22)23)16-11-15(20)10-9-13(16)2/h4-11,17H,3,12H2,1-2H3,(H,22,23). The van der Waals surface area contributed by atoms with Gasteiger partial charge in [0.15, 0.2) is 6.04 Å². The lowest BCUT2D eigenvalue weighted by Crippen LogP contribution is -2.39. The Labute approximate surface area is 145 Å². The largest absolute Gasteiger partial charge is 0.479 e. The second kappa shape index (κ2) is 8.28. The van der Waals surface area contributed by atoms with Crippen molar-refractivity contribution in [2.75, 3.05) is 6.54 Å². The lowest BCUT2D eigenvalue weighted by atomic mass is 10.00. The van der Waals surface area contributed by atoms with Crippen LogP contribution in [0.2, 0.25) is 0 Å². The zero-order valence-corrected chi connectivity index (χ0v) is 14.1. The molecule has 1 amide bonds. The van der Waals surface area contributed by atoms with Crippen LogP contribution < -0.4 is 0 Å². The van der Waals surface area contributed by atoms with Crippen LogP contribution in [0, 0.1) is 12.7 Å². The fraction of sp³-hybridized carbons (Fsp3) is 0.263. The lowest BCUT2D eigenvalue weighted by Gasteiger charge is -2.28. The summed E-state index contributed by atoms with van der Waals surface area (Å²) < 4.78 is 18.8. The van der Waals surface area contributed by atoms with E-state index in [4.69, 9.17) is 4.74 Å². The van der Waals surface area contributed by atoms with Crippen LogP contribution in [0.1, 0.15) is 29.7 Å². The predicted molar refractivity (Wildman–Crippen MR) is 90.5 cm³/mol. The van der Waals surface area contributed by atoms with E-state index >= 15 is 0 Å². The van der Waals surface area contributed by atoms with E-state index in [2.05, 4.69) is 0 Å². The number of rotatable bonds is 6. The first-order valence-corrected chi connectivity index (χ1v) is 7.90. The zero-order valence-electron chi connectivity index (χ0n) is 14.1. The molecule has 1 atom stereocenters. The first-order valence-electron chi connectivity index (χ1n) is 7.90. The molecule has 6 heteroatoms. The normalized spacial score (nSPS) is 11.6. The Kier molecular flexibility index (Phi) is 6.11. The molecule has 2 rings (SSSR count). The van der Waals surface area contributed by atoms with E-state index in [1.54, 1.807) is 26.0 Å². The monoisotopic (exact) mass is 345 g/mol. The van der Waals surface area contributed by atoms with Crippen molar-refractivity contribution in [1.29, 1.82) is 0 Å². The molecule has 0 saturated heterocycles. The molecular weight excluding hydrogens is 325 g/mol. The summed E-state index contributed by atoms with van der Waals surface area (Å²) in [5.41, 5.74) is 1.61. The van der Waals surface area contributed by atoms with E-state index in [0.717, 1.165) is 16.5 Å². The number of amides is 1. The summed E-state index contributed by atoms with van der Waals surface area (Å²) in [6.07, 6.45) is -0.762. The number of aliphatic carboxylic acids is 1. The van der Waals surface area contributed by atoms with Gasteiger partial charge < -0.3 is 9.84 Å². The van der Waals surface area contributed by atoms with E-state index in [-0.39, 0.29) is 18.7 Å². The Morgan fingerprint density at radius 2 is 1.88 bits per heavy atom. The van der Waals surface area contributed by atoms with Gasteiger partial charge in [-0.1, -0.05) is 36.4 Å². The van der Waals surface area contributed by atoms with Gasteiger partial charge in [-0.05, 0) is 42.7 Å². The van der Waals surface area contributed by atoms with Crippen LogP contribution in [-0.4, -0.2) is 28.6 Å². The van der Waals surface area contributed by atoms with Gasteiger partial charge in [0.25, 0.3) is 0 Å². The molecule has 0 radical (unpaired) electrons. The van der Waals surface area contributed by atoms with Crippen molar-refractivity contribution in [3.8, 4) is 0 Å². The Bertz CT molecular complexity index is 748. The minimum absolute atomic E-state index is 0.0324. The third kappa shape index (κ3) is 4.56. The van der Waals surface area contributed by atoms with Crippen LogP contribution in [0.3, 0.4) is 0 Å². The molecule has 0 aliphatic carbocycles. The van der Waals surface area contributed by atoms with Crippen LogP contribution in [0.5, 0.6) is 0 Å². The molecule has 0 spiro atoms. The molecule has 0 bridgehead atoms. The van der Waals surface area contributed by atoms with Crippen LogP contribution in [0.15, 0.2) is 48.5 Å². The van der Waals surface area contributed by atoms with Crippen molar-refractivity contribution in [3.05, 3.63) is 71.0 Å². The summed E-state index contributed by atoms with van der Waals surface area (Å²) in [5.74, 6) is -1.80. The number of carbonyl (C=O) groups is 2. The summed E-state index contributed by atoms with van der Waals surface area (Å²) in [4.78, 5) is 25.3. The number of carbonyl (C=O) groups excluding carboxylic acids is 1. The van der Waals surface area contributed by atoms with Gasteiger partial charge in [0.1, 0.15) is 12.4 Å². The van der Waals surface area contributed by atoms with Crippen molar-refractivity contribution in [1.82, 2.24) is 4.90 Å². The van der Waals surface area contributed by atoms with E-state index in [1.807, 2.05) is 18.2 Å². The fourth-order valence-electron chi connectivity index (χ4n) is 2.56. The summed E-state index contributed by atoms with van der Waals surface area (Å²) in [5, 5.41) is 9.61. The quantitative estimate of drug-likeness (QED) is 0.862. The summed E-state index contributed by atoms with van der Waals surface area (Å²) in [7, 11) is 0. The molecule has 0 fully saturated rings. The topological polar surface area (TPSA) is 66.8 Å². The Morgan fingerprint density at radius 1 is 1.20 bits per heavy atom. The fourth-order valence-corrected chi connectivity index (χ4v) is 2.56. The smallest absolute Gasteiger partial charge is 0.411 e. The highest BCUT2D eigenvalue weighted by Gasteiger charge is 2.32. The van der Waals surface area contributed by atoms with Crippen LogP contribution in [-0.2, 0) is 16.1 Å². The molecule has 5 nitrogen and oxygen atoms in total. The van der Waals surface area contributed by atoms with Gasteiger partial charge in [-0.25, -0.2) is 14.0 Å². The van der Waals surface area contributed by atoms with Crippen molar-refractivity contribution in [2.24, 2.45) is 0 Å². The van der Waals surface area contributed by atoms with Gasteiger partial charge in [-0.3, -0.25) is 4.90 Å². The first-order chi connectivity index (χ1) is 11.9. The second-order valence-electron chi connectivity index (χ2n) is 5.57. The molecule has 25 heavy (non-hydrogen) atoms. The highest BCUT2D eigenvalue weighted by Crippen LogP contribution is 2.26. The van der Waals surface area contributed by atoms with Gasteiger partial charge in [0.2, 0.25) is 0 Å². The molecule has 1 N–H and O–H groups in total. The molecule has 1 unspecified atom stereocenters. The highest BCUT2D eigenvalue weighted by atomic mass is 19.1. The number of hydrogen-bond acceptors (Lipinski definition) is 3. The maximum absolute atomic E-state index is 13.6. The van der Waals surface area contributed by atoms with Gasteiger partial charge in [0, 0.05) is 6.54 Å². The van der Waals surface area contributed by atoms with Crippen molar-refractivity contribution < 1.29 is 23.8 Å².